The van der Waals surface area contributed by atoms with Gasteiger partial charge in [-0.2, -0.15) is 0 Å². The minimum absolute atomic E-state index is 0.100. The molecule has 0 radical (unpaired) electrons. The van der Waals surface area contributed by atoms with E-state index < -0.39 is 0 Å². The lowest BCUT2D eigenvalue weighted by Crippen LogP contribution is -2.20. The van der Waals surface area contributed by atoms with Gasteiger partial charge in [-0.3, -0.25) is 8.97 Å². The molecule has 0 aromatic carbocycles. The second kappa shape index (κ2) is 4.47. The molecule has 1 atom stereocenters. The molecule has 3 heterocycles. The molecule has 5 nitrogen and oxygen atoms in total. The lowest BCUT2D eigenvalue weighted by molar-refractivity contribution is 0.711. The van der Waals surface area contributed by atoms with Crippen LogP contribution in [0.15, 0.2) is 17.9 Å². The normalized spacial score (nSPS) is 13.3. The summed E-state index contributed by atoms with van der Waals surface area (Å²) in [5.41, 5.74) is 9.27. The van der Waals surface area contributed by atoms with Crippen LogP contribution in [0, 0.1) is 13.8 Å². The predicted molar refractivity (Wildman–Crippen MR) is 77.0 cm³/mol. The molecular formula is C13H17N5S. The molecule has 0 fully saturated rings. The summed E-state index contributed by atoms with van der Waals surface area (Å²) in [5, 5.41) is 2.04. The first-order valence-electron chi connectivity index (χ1n) is 6.29. The number of nitrogens with zero attached hydrogens (tertiary/aromatic N) is 4. The molecule has 3 aromatic heterocycles. The van der Waals surface area contributed by atoms with E-state index in [2.05, 4.69) is 16.3 Å². The summed E-state index contributed by atoms with van der Waals surface area (Å²) >= 11 is 1.63. The van der Waals surface area contributed by atoms with Gasteiger partial charge in [-0.25, -0.2) is 9.97 Å². The highest BCUT2D eigenvalue weighted by molar-refractivity contribution is 7.15. The monoisotopic (exact) mass is 275 g/mol. The summed E-state index contributed by atoms with van der Waals surface area (Å²) in [6, 6.07) is 0.100. The molecule has 1 unspecified atom stereocenters. The topological polar surface area (TPSA) is 61.1 Å². The molecule has 3 rings (SSSR count). The third-order valence-electron chi connectivity index (χ3n) is 3.34. The maximum absolute atomic E-state index is 5.97. The van der Waals surface area contributed by atoms with E-state index >= 15 is 0 Å². The lowest BCUT2D eigenvalue weighted by Gasteiger charge is -2.08. The zero-order valence-corrected chi connectivity index (χ0v) is 12.1. The van der Waals surface area contributed by atoms with E-state index in [9.17, 15) is 0 Å². The number of fused-ring (bicyclic) bond motifs is 1. The van der Waals surface area contributed by atoms with Gasteiger partial charge in [-0.15, -0.1) is 11.3 Å². The highest BCUT2D eigenvalue weighted by Crippen LogP contribution is 2.23. The van der Waals surface area contributed by atoms with Gasteiger partial charge in [0.1, 0.15) is 6.33 Å². The predicted octanol–water partition coefficient (Wildman–Crippen LogP) is 2.09. The third kappa shape index (κ3) is 1.97. The van der Waals surface area contributed by atoms with E-state index in [1.54, 1.807) is 11.3 Å². The van der Waals surface area contributed by atoms with Gasteiger partial charge in [-0.05, 0) is 20.8 Å². The molecule has 0 spiro atoms. The van der Waals surface area contributed by atoms with Crippen molar-refractivity contribution in [1.29, 1.82) is 0 Å². The van der Waals surface area contributed by atoms with E-state index in [1.165, 1.54) is 0 Å². The molecule has 0 bridgehead atoms. The van der Waals surface area contributed by atoms with Crippen LogP contribution in [0.25, 0.3) is 10.8 Å². The van der Waals surface area contributed by atoms with Crippen molar-refractivity contribution < 1.29 is 0 Å². The van der Waals surface area contributed by atoms with Crippen molar-refractivity contribution in [2.45, 2.75) is 33.2 Å². The van der Waals surface area contributed by atoms with Crippen molar-refractivity contribution in [2.24, 2.45) is 5.73 Å². The summed E-state index contributed by atoms with van der Waals surface area (Å²) in [4.78, 5) is 10.1. The molecule has 0 saturated heterocycles. The first kappa shape index (κ1) is 12.4. The Morgan fingerprint density at radius 1 is 1.42 bits per heavy atom. The second-order valence-corrected chi connectivity index (χ2v) is 5.78. The van der Waals surface area contributed by atoms with Gasteiger partial charge in [0.25, 0.3) is 0 Å². The van der Waals surface area contributed by atoms with E-state index in [-0.39, 0.29) is 6.04 Å². The van der Waals surface area contributed by atoms with E-state index in [1.807, 2.05) is 36.3 Å². The van der Waals surface area contributed by atoms with Crippen LogP contribution in [0.2, 0.25) is 0 Å². The number of thiazole rings is 1. The van der Waals surface area contributed by atoms with Gasteiger partial charge in [0.15, 0.2) is 10.8 Å². The second-order valence-electron chi connectivity index (χ2n) is 4.90. The molecule has 0 saturated carbocycles. The van der Waals surface area contributed by atoms with Gasteiger partial charge in [0.2, 0.25) is 0 Å². The van der Waals surface area contributed by atoms with Crippen LogP contribution in [0.1, 0.15) is 24.0 Å². The molecule has 19 heavy (non-hydrogen) atoms. The largest absolute Gasteiger partial charge is 0.328 e. The Morgan fingerprint density at radius 3 is 2.84 bits per heavy atom. The SMILES string of the molecule is Cc1ncn(-c2nc3sccn3c2CC(C)N)c1C. The average Bonchev–Trinajstić information content (AvgIpc) is 2.99. The standard InChI is InChI=1S/C13H17N5S/c1-8(14)6-11-12(16-13-17(11)4-5-19-13)18-7-15-9(2)10(18)3/h4-5,7-8H,6,14H2,1-3H3. The Morgan fingerprint density at radius 2 is 2.21 bits per heavy atom. The summed E-state index contributed by atoms with van der Waals surface area (Å²) in [6.45, 7) is 6.09. The molecule has 0 aliphatic heterocycles. The van der Waals surface area contributed by atoms with Gasteiger partial charge in [0.05, 0.1) is 11.4 Å². The number of hydrogen-bond acceptors (Lipinski definition) is 4. The molecule has 0 aliphatic carbocycles. The quantitative estimate of drug-likeness (QED) is 0.796. The molecular weight excluding hydrogens is 258 g/mol. The Balaban J connectivity index is 2.22. The van der Waals surface area contributed by atoms with Crippen LogP contribution in [-0.4, -0.2) is 25.0 Å². The number of aromatic nitrogens is 4. The van der Waals surface area contributed by atoms with Gasteiger partial charge in [-0.1, -0.05) is 0 Å². The minimum atomic E-state index is 0.100. The zero-order valence-electron chi connectivity index (χ0n) is 11.3. The van der Waals surface area contributed by atoms with E-state index in [0.29, 0.717) is 0 Å². The molecule has 0 aliphatic rings. The zero-order chi connectivity index (χ0) is 13.6. The van der Waals surface area contributed by atoms with Crippen molar-refractivity contribution in [2.75, 3.05) is 0 Å². The lowest BCUT2D eigenvalue weighted by atomic mass is 10.2. The first-order chi connectivity index (χ1) is 9.08. The molecule has 0 amide bonds. The van der Waals surface area contributed by atoms with E-state index in [0.717, 1.165) is 34.3 Å². The van der Waals surface area contributed by atoms with Crippen molar-refractivity contribution in [1.82, 2.24) is 18.9 Å². The fraction of sp³-hybridized carbons (Fsp3) is 0.385. The molecule has 3 aromatic rings. The summed E-state index contributed by atoms with van der Waals surface area (Å²) in [7, 11) is 0. The van der Waals surface area contributed by atoms with Crippen LogP contribution >= 0.6 is 11.3 Å². The Hall–Kier alpha value is -1.66. The van der Waals surface area contributed by atoms with Gasteiger partial charge in [0, 0.05) is 29.7 Å². The Bertz CT molecular complexity index is 719. The van der Waals surface area contributed by atoms with Crippen LogP contribution in [-0.2, 0) is 6.42 Å². The van der Waals surface area contributed by atoms with Crippen molar-refractivity contribution >= 4 is 16.3 Å². The van der Waals surface area contributed by atoms with Crippen molar-refractivity contribution in [3.63, 3.8) is 0 Å². The van der Waals surface area contributed by atoms with Crippen LogP contribution in [0.5, 0.6) is 0 Å². The number of imidazole rings is 2. The van der Waals surface area contributed by atoms with Crippen LogP contribution in [0.4, 0.5) is 0 Å². The minimum Gasteiger partial charge on any atom is -0.328 e. The maximum Gasteiger partial charge on any atom is 0.195 e. The number of hydrogen-bond donors (Lipinski definition) is 1. The molecule has 2 N–H and O–H groups in total. The maximum atomic E-state index is 5.97. The Labute approximate surface area is 115 Å². The van der Waals surface area contributed by atoms with Crippen molar-refractivity contribution in [3.8, 4) is 5.82 Å². The number of nitrogens with two attached hydrogens (primary N) is 1. The highest BCUT2D eigenvalue weighted by Gasteiger charge is 2.17. The smallest absolute Gasteiger partial charge is 0.195 e. The van der Waals surface area contributed by atoms with Gasteiger partial charge >= 0.3 is 0 Å². The van der Waals surface area contributed by atoms with Crippen molar-refractivity contribution in [3.05, 3.63) is 35.0 Å². The Kier molecular flexibility index (Phi) is 2.91. The number of rotatable bonds is 3. The summed E-state index contributed by atoms with van der Waals surface area (Å²) in [5.74, 6) is 0.947. The highest BCUT2D eigenvalue weighted by atomic mass is 32.1. The molecule has 100 valence electrons. The fourth-order valence-corrected chi connectivity index (χ4v) is 2.95. The third-order valence-corrected chi connectivity index (χ3v) is 4.09. The van der Waals surface area contributed by atoms with Crippen LogP contribution in [0.3, 0.4) is 0 Å². The fourth-order valence-electron chi connectivity index (χ4n) is 2.22. The summed E-state index contributed by atoms with van der Waals surface area (Å²) in [6.07, 6.45) is 4.68. The number of aryl methyl sites for hydroxylation is 1. The first-order valence-corrected chi connectivity index (χ1v) is 7.17. The van der Waals surface area contributed by atoms with Gasteiger partial charge < -0.3 is 5.73 Å². The van der Waals surface area contributed by atoms with Crippen LogP contribution < -0.4 is 5.73 Å². The summed E-state index contributed by atoms with van der Waals surface area (Å²) < 4.78 is 4.17. The van der Waals surface area contributed by atoms with E-state index in [4.69, 9.17) is 10.7 Å². The molecule has 6 heteroatoms. The average molecular weight is 275 g/mol.